The first-order chi connectivity index (χ1) is 7.73. The highest BCUT2D eigenvalue weighted by atomic mass is 32.2. The van der Waals surface area contributed by atoms with Crippen LogP contribution < -0.4 is 0 Å². The summed E-state index contributed by atoms with van der Waals surface area (Å²) in [7, 11) is 2.14. The summed E-state index contributed by atoms with van der Waals surface area (Å²) in [5.41, 5.74) is -0.180. The number of hydrogen-bond acceptors (Lipinski definition) is 4. The summed E-state index contributed by atoms with van der Waals surface area (Å²) < 4.78 is 0. The van der Waals surface area contributed by atoms with Gasteiger partial charge in [0.1, 0.15) is 0 Å². The van der Waals surface area contributed by atoms with Gasteiger partial charge in [0, 0.05) is 10.7 Å². The Kier molecular flexibility index (Phi) is 3.95. The highest BCUT2D eigenvalue weighted by molar-refractivity contribution is 8.03. The van der Waals surface area contributed by atoms with Crippen molar-refractivity contribution < 1.29 is 10.2 Å². The molecule has 2 aliphatic rings. The monoisotopic (exact) mass is 243 g/mol. The number of aliphatic hydroxyl groups excluding tert-OH is 2. The zero-order valence-electron chi connectivity index (χ0n) is 9.80. The second-order valence-electron chi connectivity index (χ2n) is 4.96. The summed E-state index contributed by atoms with van der Waals surface area (Å²) in [5, 5.41) is 21.4. The topological polar surface area (TPSA) is 43.7 Å². The zero-order valence-corrected chi connectivity index (χ0v) is 10.6. The van der Waals surface area contributed by atoms with Crippen molar-refractivity contribution in [3.05, 3.63) is 11.5 Å². The standard InChI is InChI=1S/C12H21NO2S/c1-13-5-2-10(3-6-13)12(9-15)4-7-16-11(12)8-14/h4,7,10-11,14-15H,2-3,5-6,8-9H2,1H3. The van der Waals surface area contributed by atoms with Gasteiger partial charge >= 0.3 is 0 Å². The zero-order chi connectivity index (χ0) is 11.6. The predicted molar refractivity (Wildman–Crippen MR) is 67.3 cm³/mol. The number of thioether (sulfide) groups is 1. The van der Waals surface area contributed by atoms with Gasteiger partial charge in [-0.25, -0.2) is 0 Å². The van der Waals surface area contributed by atoms with Gasteiger partial charge < -0.3 is 15.1 Å². The molecule has 16 heavy (non-hydrogen) atoms. The minimum Gasteiger partial charge on any atom is -0.395 e. The summed E-state index contributed by atoms with van der Waals surface area (Å²) in [5.74, 6) is 0.511. The lowest BCUT2D eigenvalue weighted by Gasteiger charge is -2.42. The van der Waals surface area contributed by atoms with Crippen LogP contribution >= 0.6 is 11.8 Å². The van der Waals surface area contributed by atoms with E-state index in [2.05, 4.69) is 23.4 Å². The van der Waals surface area contributed by atoms with Crippen LogP contribution in [0.3, 0.4) is 0 Å². The fraction of sp³-hybridized carbons (Fsp3) is 0.833. The summed E-state index contributed by atoms with van der Waals surface area (Å²) in [4.78, 5) is 2.33. The highest BCUT2D eigenvalue weighted by Gasteiger charge is 2.46. The molecule has 1 saturated heterocycles. The Bertz CT molecular complexity index is 264. The molecule has 0 aromatic rings. The maximum atomic E-state index is 9.75. The molecule has 0 amide bonds. The van der Waals surface area contributed by atoms with Gasteiger partial charge in [0.2, 0.25) is 0 Å². The lowest BCUT2D eigenvalue weighted by molar-refractivity contribution is 0.0506. The van der Waals surface area contributed by atoms with Gasteiger partial charge in [0.15, 0.2) is 0 Å². The number of rotatable bonds is 3. The van der Waals surface area contributed by atoms with E-state index in [0.717, 1.165) is 25.9 Å². The Labute approximate surface area is 102 Å². The molecular weight excluding hydrogens is 222 g/mol. The SMILES string of the molecule is CN1CCC(C2(CO)C=CSC2CO)CC1. The van der Waals surface area contributed by atoms with Gasteiger partial charge in [-0.1, -0.05) is 6.08 Å². The van der Waals surface area contributed by atoms with Crippen molar-refractivity contribution in [1.82, 2.24) is 4.90 Å². The van der Waals surface area contributed by atoms with Crippen LogP contribution in [0, 0.1) is 11.3 Å². The maximum absolute atomic E-state index is 9.75. The summed E-state index contributed by atoms with van der Waals surface area (Å²) in [6, 6.07) is 0. The second kappa shape index (κ2) is 5.08. The van der Waals surface area contributed by atoms with Crippen LogP contribution in [0.15, 0.2) is 11.5 Å². The number of piperidine rings is 1. The molecule has 2 aliphatic heterocycles. The van der Waals surface area contributed by atoms with Crippen LogP contribution in [-0.2, 0) is 0 Å². The van der Waals surface area contributed by atoms with Crippen molar-refractivity contribution in [2.45, 2.75) is 18.1 Å². The van der Waals surface area contributed by atoms with Gasteiger partial charge in [0.05, 0.1) is 13.2 Å². The van der Waals surface area contributed by atoms with Crippen molar-refractivity contribution >= 4 is 11.8 Å². The molecule has 0 saturated carbocycles. The lowest BCUT2D eigenvalue weighted by atomic mass is 9.69. The van der Waals surface area contributed by atoms with E-state index in [4.69, 9.17) is 0 Å². The van der Waals surface area contributed by atoms with Crippen LogP contribution in [0.5, 0.6) is 0 Å². The molecule has 3 nitrogen and oxygen atoms in total. The molecular formula is C12H21NO2S. The maximum Gasteiger partial charge on any atom is 0.0562 e. The fourth-order valence-corrected chi connectivity index (χ4v) is 4.14. The van der Waals surface area contributed by atoms with Crippen molar-refractivity contribution in [1.29, 1.82) is 0 Å². The third-order valence-corrected chi connectivity index (χ3v) is 5.35. The average molecular weight is 243 g/mol. The Balaban J connectivity index is 2.11. The van der Waals surface area contributed by atoms with E-state index in [1.807, 2.05) is 0 Å². The van der Waals surface area contributed by atoms with Crippen LogP contribution in [0.1, 0.15) is 12.8 Å². The van der Waals surface area contributed by atoms with Crippen LogP contribution in [0.25, 0.3) is 0 Å². The Hall–Kier alpha value is -0.0300. The summed E-state index contributed by atoms with van der Waals surface area (Å²) in [6.45, 7) is 2.52. The third-order valence-electron chi connectivity index (χ3n) is 4.14. The summed E-state index contributed by atoms with van der Waals surface area (Å²) in [6.07, 6.45) is 4.38. The van der Waals surface area contributed by atoms with Crippen LogP contribution in [-0.4, -0.2) is 53.7 Å². The van der Waals surface area contributed by atoms with Gasteiger partial charge in [-0.05, 0) is 44.3 Å². The number of nitrogens with zero attached hydrogens (tertiary/aromatic N) is 1. The Morgan fingerprint density at radius 1 is 1.38 bits per heavy atom. The fourth-order valence-electron chi connectivity index (χ4n) is 2.94. The van der Waals surface area contributed by atoms with Crippen LogP contribution in [0.2, 0.25) is 0 Å². The van der Waals surface area contributed by atoms with Crippen molar-refractivity contribution in [3.8, 4) is 0 Å². The average Bonchev–Trinajstić information content (AvgIpc) is 2.74. The molecule has 2 N–H and O–H groups in total. The Morgan fingerprint density at radius 3 is 2.62 bits per heavy atom. The molecule has 2 unspecified atom stereocenters. The predicted octanol–water partition coefficient (Wildman–Crippen LogP) is 0.928. The van der Waals surface area contributed by atoms with E-state index >= 15 is 0 Å². The highest BCUT2D eigenvalue weighted by Crippen LogP contribution is 2.48. The second-order valence-corrected chi connectivity index (χ2v) is 6.07. The van der Waals surface area contributed by atoms with Crippen LogP contribution in [0.4, 0.5) is 0 Å². The normalized spacial score (nSPS) is 37.1. The van der Waals surface area contributed by atoms with Crippen molar-refractivity contribution in [3.63, 3.8) is 0 Å². The molecule has 0 radical (unpaired) electrons. The van der Waals surface area contributed by atoms with E-state index in [1.54, 1.807) is 11.8 Å². The van der Waals surface area contributed by atoms with E-state index in [-0.39, 0.29) is 23.9 Å². The molecule has 2 rings (SSSR count). The van der Waals surface area contributed by atoms with E-state index in [9.17, 15) is 10.2 Å². The smallest absolute Gasteiger partial charge is 0.0562 e. The molecule has 0 spiro atoms. The molecule has 1 fully saturated rings. The Morgan fingerprint density at radius 2 is 2.06 bits per heavy atom. The number of hydrogen-bond donors (Lipinski definition) is 2. The van der Waals surface area contributed by atoms with E-state index in [1.165, 1.54) is 0 Å². The molecule has 92 valence electrons. The molecule has 0 aromatic carbocycles. The minimum atomic E-state index is -0.180. The molecule has 2 heterocycles. The van der Waals surface area contributed by atoms with Gasteiger partial charge in [-0.15, -0.1) is 11.8 Å². The molecule has 2 atom stereocenters. The first-order valence-electron chi connectivity index (χ1n) is 5.96. The number of aliphatic hydroxyl groups is 2. The lowest BCUT2D eigenvalue weighted by Crippen LogP contribution is -2.46. The first kappa shape index (κ1) is 12.4. The van der Waals surface area contributed by atoms with E-state index < -0.39 is 0 Å². The quantitative estimate of drug-likeness (QED) is 0.774. The third kappa shape index (κ3) is 2.04. The molecule has 0 aromatic heterocycles. The molecule has 4 heteroatoms. The summed E-state index contributed by atoms with van der Waals surface area (Å²) >= 11 is 1.66. The van der Waals surface area contributed by atoms with Gasteiger partial charge in [0.25, 0.3) is 0 Å². The largest absolute Gasteiger partial charge is 0.395 e. The van der Waals surface area contributed by atoms with Gasteiger partial charge in [-0.3, -0.25) is 0 Å². The van der Waals surface area contributed by atoms with E-state index in [0.29, 0.717) is 5.92 Å². The molecule has 0 bridgehead atoms. The van der Waals surface area contributed by atoms with Crippen molar-refractivity contribution in [2.24, 2.45) is 11.3 Å². The first-order valence-corrected chi connectivity index (χ1v) is 6.90. The van der Waals surface area contributed by atoms with Gasteiger partial charge in [-0.2, -0.15) is 0 Å². The minimum absolute atomic E-state index is 0.144. The number of likely N-dealkylation sites (tertiary alicyclic amines) is 1. The van der Waals surface area contributed by atoms with Crippen molar-refractivity contribution in [2.75, 3.05) is 33.4 Å². The molecule has 0 aliphatic carbocycles.